The van der Waals surface area contributed by atoms with Crippen LogP contribution in [0, 0.1) is 0 Å². The van der Waals surface area contributed by atoms with Gasteiger partial charge in [0.2, 0.25) is 0 Å². The van der Waals surface area contributed by atoms with Crippen LogP contribution in [0.4, 0.5) is 0 Å². The first-order valence-electron chi connectivity index (χ1n) is 5.18. The minimum Gasteiger partial charge on any atom is -0.393 e. The van der Waals surface area contributed by atoms with Crippen molar-refractivity contribution in [2.75, 3.05) is 5.75 Å². The molecule has 1 rings (SSSR count). The molecule has 84 valence electrons. The molecule has 2 atom stereocenters. The van der Waals surface area contributed by atoms with E-state index in [0.29, 0.717) is 0 Å². The maximum atomic E-state index is 9.41. The molecule has 0 saturated heterocycles. The highest BCUT2D eigenvalue weighted by Gasteiger charge is 2.02. The lowest BCUT2D eigenvalue weighted by molar-refractivity contribution is 0.192. The summed E-state index contributed by atoms with van der Waals surface area (Å²) in [6, 6.07) is 7.89. The molecule has 0 aliphatic heterocycles. The highest BCUT2D eigenvalue weighted by molar-refractivity contribution is 7.99. The summed E-state index contributed by atoms with van der Waals surface area (Å²) < 4.78 is 0. The van der Waals surface area contributed by atoms with Gasteiger partial charge in [-0.05, 0) is 38.0 Å². The summed E-state index contributed by atoms with van der Waals surface area (Å²) >= 11 is 1.71. The number of aliphatic hydroxyl groups is 2. The van der Waals surface area contributed by atoms with Crippen LogP contribution < -0.4 is 0 Å². The Balaban J connectivity index is 2.50. The van der Waals surface area contributed by atoms with E-state index in [9.17, 15) is 5.11 Å². The van der Waals surface area contributed by atoms with E-state index < -0.39 is 6.10 Å². The maximum Gasteiger partial charge on any atom is 0.0762 e. The smallest absolute Gasteiger partial charge is 0.0762 e. The van der Waals surface area contributed by atoms with Crippen LogP contribution in [0.2, 0.25) is 0 Å². The van der Waals surface area contributed by atoms with E-state index >= 15 is 0 Å². The molecule has 2 N–H and O–H groups in total. The van der Waals surface area contributed by atoms with Crippen LogP contribution >= 0.6 is 11.8 Å². The number of benzene rings is 1. The number of hydrogen-bond donors (Lipinski definition) is 2. The largest absolute Gasteiger partial charge is 0.393 e. The van der Waals surface area contributed by atoms with Crippen LogP contribution in [0.25, 0.3) is 0 Å². The number of aliphatic hydroxyl groups excluding tert-OH is 2. The third-order valence-corrected chi connectivity index (χ3v) is 3.17. The van der Waals surface area contributed by atoms with Crippen LogP contribution in [0.3, 0.4) is 0 Å². The first-order chi connectivity index (χ1) is 7.09. The predicted molar refractivity (Wildman–Crippen MR) is 64.1 cm³/mol. The molecule has 0 heterocycles. The molecule has 0 saturated carbocycles. The number of thioether (sulfide) groups is 1. The monoisotopic (exact) mass is 226 g/mol. The lowest BCUT2D eigenvalue weighted by Gasteiger charge is -2.07. The van der Waals surface area contributed by atoms with Crippen molar-refractivity contribution < 1.29 is 10.2 Å². The van der Waals surface area contributed by atoms with Crippen LogP contribution in [-0.4, -0.2) is 22.1 Å². The van der Waals surface area contributed by atoms with Crippen LogP contribution in [0.5, 0.6) is 0 Å². The van der Waals surface area contributed by atoms with E-state index in [-0.39, 0.29) is 6.10 Å². The summed E-state index contributed by atoms with van der Waals surface area (Å²) in [6.07, 6.45) is 0.142. The Morgan fingerprint density at radius 3 is 2.60 bits per heavy atom. The van der Waals surface area contributed by atoms with Crippen molar-refractivity contribution in [3.63, 3.8) is 0 Å². The lowest BCUT2D eigenvalue weighted by atomic mass is 10.1. The van der Waals surface area contributed by atoms with E-state index in [1.165, 1.54) is 0 Å². The van der Waals surface area contributed by atoms with Gasteiger partial charge in [-0.1, -0.05) is 12.1 Å². The van der Waals surface area contributed by atoms with Crippen molar-refractivity contribution in [1.82, 2.24) is 0 Å². The van der Waals surface area contributed by atoms with E-state index in [2.05, 4.69) is 0 Å². The Kier molecular flexibility index (Phi) is 5.15. The minimum atomic E-state index is -0.415. The molecule has 15 heavy (non-hydrogen) atoms. The number of rotatable bonds is 5. The van der Waals surface area contributed by atoms with Gasteiger partial charge >= 0.3 is 0 Å². The molecule has 2 nitrogen and oxygen atoms in total. The van der Waals surface area contributed by atoms with Gasteiger partial charge in [-0.2, -0.15) is 0 Å². The summed E-state index contributed by atoms with van der Waals surface area (Å²) in [5, 5.41) is 18.5. The van der Waals surface area contributed by atoms with Crippen molar-refractivity contribution >= 4 is 11.8 Å². The molecule has 0 radical (unpaired) electrons. The van der Waals surface area contributed by atoms with Gasteiger partial charge in [0.05, 0.1) is 12.2 Å². The fourth-order valence-corrected chi connectivity index (χ4v) is 2.30. The fourth-order valence-electron chi connectivity index (χ4n) is 1.21. The van der Waals surface area contributed by atoms with Crippen LogP contribution in [0.15, 0.2) is 29.2 Å². The Morgan fingerprint density at radius 2 is 2.00 bits per heavy atom. The second-order valence-electron chi connectivity index (χ2n) is 3.73. The van der Waals surface area contributed by atoms with Gasteiger partial charge < -0.3 is 10.2 Å². The first kappa shape index (κ1) is 12.6. The zero-order valence-corrected chi connectivity index (χ0v) is 10.00. The second kappa shape index (κ2) is 6.16. The van der Waals surface area contributed by atoms with Crippen molar-refractivity contribution in [3.05, 3.63) is 29.8 Å². The molecule has 2 unspecified atom stereocenters. The van der Waals surface area contributed by atoms with Gasteiger partial charge in [-0.25, -0.2) is 0 Å². The van der Waals surface area contributed by atoms with Crippen LogP contribution in [0.1, 0.15) is 31.9 Å². The highest BCUT2D eigenvalue weighted by atomic mass is 32.2. The molecule has 0 aliphatic carbocycles. The normalized spacial score (nSPS) is 14.9. The van der Waals surface area contributed by atoms with Crippen molar-refractivity contribution in [2.45, 2.75) is 37.4 Å². The number of hydrogen-bond acceptors (Lipinski definition) is 3. The minimum absolute atomic E-state index is 0.238. The van der Waals surface area contributed by atoms with Gasteiger partial charge in [0, 0.05) is 10.6 Å². The average molecular weight is 226 g/mol. The van der Waals surface area contributed by atoms with Gasteiger partial charge in [0.15, 0.2) is 0 Å². The second-order valence-corrected chi connectivity index (χ2v) is 4.90. The molecule has 0 amide bonds. The van der Waals surface area contributed by atoms with Crippen molar-refractivity contribution in [2.24, 2.45) is 0 Å². The van der Waals surface area contributed by atoms with Crippen molar-refractivity contribution in [3.8, 4) is 0 Å². The lowest BCUT2D eigenvalue weighted by Crippen LogP contribution is -2.00. The molecule has 0 spiro atoms. The van der Waals surface area contributed by atoms with Gasteiger partial charge in [0.1, 0.15) is 0 Å². The van der Waals surface area contributed by atoms with Crippen molar-refractivity contribution in [1.29, 1.82) is 0 Å². The van der Waals surface area contributed by atoms with E-state index in [1.807, 2.05) is 24.3 Å². The Morgan fingerprint density at radius 1 is 1.27 bits per heavy atom. The Labute approximate surface area is 95.3 Å². The molecule has 3 heteroatoms. The zero-order chi connectivity index (χ0) is 11.3. The molecule has 0 aliphatic rings. The molecular formula is C12H18O2S. The maximum absolute atomic E-state index is 9.41. The Hall–Kier alpha value is -0.510. The fraction of sp³-hybridized carbons (Fsp3) is 0.500. The van der Waals surface area contributed by atoms with E-state index in [1.54, 1.807) is 25.6 Å². The third-order valence-electron chi connectivity index (χ3n) is 2.14. The third kappa shape index (κ3) is 4.69. The zero-order valence-electron chi connectivity index (χ0n) is 9.18. The molecule has 1 aromatic carbocycles. The molecule has 0 fully saturated rings. The van der Waals surface area contributed by atoms with Gasteiger partial charge in [-0.3, -0.25) is 0 Å². The topological polar surface area (TPSA) is 40.5 Å². The SMILES string of the molecule is CC(O)CCSc1cccc(C(C)O)c1. The average Bonchev–Trinajstić information content (AvgIpc) is 2.17. The Bertz CT molecular complexity index is 297. The summed E-state index contributed by atoms with van der Waals surface area (Å²) in [6.45, 7) is 3.56. The van der Waals surface area contributed by atoms with Gasteiger partial charge in [0.25, 0.3) is 0 Å². The van der Waals surface area contributed by atoms with E-state index in [4.69, 9.17) is 5.11 Å². The summed E-state index contributed by atoms with van der Waals surface area (Å²) in [7, 11) is 0. The quantitative estimate of drug-likeness (QED) is 0.758. The van der Waals surface area contributed by atoms with E-state index in [0.717, 1.165) is 22.6 Å². The standard InChI is InChI=1S/C12H18O2S/c1-9(13)6-7-15-12-5-3-4-11(8-12)10(2)14/h3-5,8-10,13-14H,6-7H2,1-2H3. The first-order valence-corrected chi connectivity index (χ1v) is 6.17. The molecule has 0 aromatic heterocycles. The molecule has 1 aromatic rings. The highest BCUT2D eigenvalue weighted by Crippen LogP contribution is 2.23. The predicted octanol–water partition coefficient (Wildman–Crippen LogP) is 2.60. The molecular weight excluding hydrogens is 208 g/mol. The summed E-state index contributed by atoms with van der Waals surface area (Å²) in [5.41, 5.74) is 0.942. The molecule has 0 bridgehead atoms. The summed E-state index contributed by atoms with van der Waals surface area (Å²) in [4.78, 5) is 1.15. The van der Waals surface area contributed by atoms with Gasteiger partial charge in [-0.15, -0.1) is 11.8 Å². The van der Waals surface area contributed by atoms with Crippen LogP contribution in [-0.2, 0) is 0 Å². The summed E-state index contributed by atoms with van der Waals surface area (Å²) in [5.74, 6) is 0.904.